The molecule has 1 heterocycles. The number of rotatable bonds is 8. The lowest BCUT2D eigenvalue weighted by atomic mass is 9.63. The molecule has 3 aliphatic rings. The predicted octanol–water partition coefficient (Wildman–Crippen LogP) is 8.29. The number of allylic oxidation sites excluding steroid dienone is 4. The smallest absolute Gasteiger partial charge is 0.162 e. The van der Waals surface area contributed by atoms with Crippen LogP contribution in [0.15, 0.2) is 65.0 Å². The van der Waals surface area contributed by atoms with Gasteiger partial charge in [-0.25, -0.2) is 0 Å². The van der Waals surface area contributed by atoms with Crippen molar-refractivity contribution in [1.29, 1.82) is 0 Å². The van der Waals surface area contributed by atoms with E-state index in [2.05, 4.69) is 32.6 Å². The number of nitrogens with zero attached hydrogens (tertiary/aromatic N) is 1. The summed E-state index contributed by atoms with van der Waals surface area (Å²) >= 11 is 12.7. The van der Waals surface area contributed by atoms with Crippen molar-refractivity contribution >= 4 is 34.8 Å². The third kappa shape index (κ3) is 6.28. The second-order valence-electron chi connectivity index (χ2n) is 13.1. The zero-order chi connectivity index (χ0) is 29.5. The fourth-order valence-corrected chi connectivity index (χ4v) is 6.92. The summed E-state index contributed by atoms with van der Waals surface area (Å²) in [5.41, 5.74) is 4.85. The van der Waals surface area contributed by atoms with Gasteiger partial charge in [-0.3, -0.25) is 9.59 Å². The minimum atomic E-state index is -0.523. The fraction of sp³-hybridized carbons (Fsp3) is 0.471. The summed E-state index contributed by atoms with van der Waals surface area (Å²) in [5, 5.41) is 1.20. The number of ketones is 2. The molecule has 0 saturated heterocycles. The van der Waals surface area contributed by atoms with Crippen LogP contribution in [0.25, 0.3) is 0 Å². The molecule has 0 radical (unpaired) electrons. The third-order valence-electron chi connectivity index (χ3n) is 8.34. The summed E-state index contributed by atoms with van der Waals surface area (Å²) in [4.78, 5) is 30.5. The number of Topliss-reactive ketones (excluding diaryl/α,β-unsaturated/α-hetero) is 2. The van der Waals surface area contributed by atoms with Crippen molar-refractivity contribution in [3.63, 3.8) is 0 Å². The van der Waals surface area contributed by atoms with Crippen LogP contribution in [-0.2, 0) is 20.9 Å². The van der Waals surface area contributed by atoms with Gasteiger partial charge in [-0.15, -0.1) is 0 Å². The van der Waals surface area contributed by atoms with Crippen LogP contribution in [0.2, 0.25) is 10.0 Å². The van der Waals surface area contributed by atoms with Crippen LogP contribution < -0.4 is 4.74 Å². The molecule has 0 spiro atoms. The topological polar surface area (TPSA) is 55.8 Å². The number of carbonyl (C=O) groups is 2. The summed E-state index contributed by atoms with van der Waals surface area (Å²) in [5.74, 6) is 0.276. The normalized spacial score (nSPS) is 20.3. The first-order valence-electron chi connectivity index (χ1n) is 14.3. The molecule has 0 N–H and O–H groups in total. The van der Waals surface area contributed by atoms with Crippen LogP contribution in [0, 0.1) is 10.8 Å². The van der Waals surface area contributed by atoms with E-state index in [0.29, 0.717) is 59.5 Å². The van der Waals surface area contributed by atoms with Crippen molar-refractivity contribution in [2.24, 2.45) is 10.8 Å². The van der Waals surface area contributed by atoms with Gasteiger partial charge in [0.25, 0.3) is 0 Å². The Balaban J connectivity index is 1.68. The summed E-state index contributed by atoms with van der Waals surface area (Å²) < 4.78 is 11.8. The van der Waals surface area contributed by atoms with Gasteiger partial charge in [-0.2, -0.15) is 0 Å². The molecular weight excluding hydrogens is 557 g/mol. The van der Waals surface area contributed by atoms with E-state index in [-0.39, 0.29) is 22.4 Å². The zero-order valence-corrected chi connectivity index (χ0v) is 26.1. The lowest BCUT2D eigenvalue weighted by Gasteiger charge is -2.49. The Labute approximate surface area is 253 Å². The van der Waals surface area contributed by atoms with Gasteiger partial charge in [0, 0.05) is 77.2 Å². The van der Waals surface area contributed by atoms with Crippen LogP contribution in [0.3, 0.4) is 0 Å². The Morgan fingerprint density at radius 3 is 1.95 bits per heavy atom. The fourth-order valence-electron chi connectivity index (χ4n) is 6.61. The lowest BCUT2D eigenvalue weighted by molar-refractivity contribution is -0.119. The third-order valence-corrected chi connectivity index (χ3v) is 8.83. The Hall–Kier alpha value is -2.60. The van der Waals surface area contributed by atoms with Gasteiger partial charge < -0.3 is 14.4 Å². The van der Waals surface area contributed by atoms with E-state index < -0.39 is 5.92 Å². The second kappa shape index (κ2) is 11.6. The molecule has 2 aliphatic carbocycles. The summed E-state index contributed by atoms with van der Waals surface area (Å²) in [7, 11) is 1.70. The van der Waals surface area contributed by atoms with Crippen LogP contribution in [0.1, 0.15) is 76.8 Å². The van der Waals surface area contributed by atoms with Crippen molar-refractivity contribution in [3.8, 4) is 5.75 Å². The highest BCUT2D eigenvalue weighted by molar-refractivity contribution is 6.31. The van der Waals surface area contributed by atoms with E-state index in [1.165, 1.54) is 0 Å². The zero-order valence-electron chi connectivity index (χ0n) is 24.6. The van der Waals surface area contributed by atoms with E-state index in [0.717, 1.165) is 41.8 Å². The standard InChI is InChI=1S/C34H39Cl2NO4/c1-33(2)16-25-31(27(38)18-33)30(32-26(37(25)13-6-14-40-5)17-34(3,4)19-28(32)39)24-15-23(36)11-12-29(24)41-20-21-7-9-22(35)10-8-21/h7-12,15,30H,6,13-14,16-20H2,1-5H3. The molecule has 0 saturated carbocycles. The summed E-state index contributed by atoms with van der Waals surface area (Å²) in [6.07, 6.45) is 3.16. The maximum atomic E-state index is 14.1. The van der Waals surface area contributed by atoms with Gasteiger partial charge >= 0.3 is 0 Å². The number of ether oxygens (including phenoxy) is 2. The van der Waals surface area contributed by atoms with Crippen molar-refractivity contribution in [1.82, 2.24) is 4.90 Å². The second-order valence-corrected chi connectivity index (χ2v) is 14.0. The molecule has 41 heavy (non-hydrogen) atoms. The molecule has 7 heteroatoms. The SMILES string of the molecule is COCCCN1C2=C(C(=O)CC(C)(C)C2)C(c2cc(Cl)ccc2OCc2ccc(Cl)cc2)C2=C1CC(C)(C)CC2=O. The molecule has 0 aromatic heterocycles. The molecule has 0 fully saturated rings. The monoisotopic (exact) mass is 595 g/mol. The summed E-state index contributed by atoms with van der Waals surface area (Å²) in [6.45, 7) is 10.2. The summed E-state index contributed by atoms with van der Waals surface area (Å²) in [6, 6.07) is 13.0. The molecule has 2 aromatic carbocycles. The largest absolute Gasteiger partial charge is 0.489 e. The molecule has 0 bridgehead atoms. The van der Waals surface area contributed by atoms with Crippen LogP contribution in [0.4, 0.5) is 0 Å². The van der Waals surface area contributed by atoms with E-state index in [1.807, 2.05) is 36.4 Å². The highest BCUT2D eigenvalue weighted by Crippen LogP contribution is 2.55. The highest BCUT2D eigenvalue weighted by atomic mass is 35.5. The molecule has 5 nitrogen and oxygen atoms in total. The molecular formula is C34H39Cl2NO4. The lowest BCUT2D eigenvalue weighted by Crippen LogP contribution is -2.44. The van der Waals surface area contributed by atoms with Gasteiger partial charge in [0.2, 0.25) is 0 Å². The first-order valence-corrected chi connectivity index (χ1v) is 15.1. The molecule has 1 aliphatic heterocycles. The molecule has 0 atom stereocenters. The average molecular weight is 597 g/mol. The van der Waals surface area contributed by atoms with Gasteiger partial charge in [0.05, 0.1) is 0 Å². The van der Waals surface area contributed by atoms with Crippen LogP contribution >= 0.6 is 23.2 Å². The molecule has 0 amide bonds. The van der Waals surface area contributed by atoms with E-state index in [4.69, 9.17) is 32.7 Å². The van der Waals surface area contributed by atoms with E-state index in [1.54, 1.807) is 13.2 Å². The van der Waals surface area contributed by atoms with Gasteiger partial charge in [0.1, 0.15) is 12.4 Å². The van der Waals surface area contributed by atoms with Gasteiger partial charge in [0.15, 0.2) is 11.6 Å². The molecule has 218 valence electrons. The maximum Gasteiger partial charge on any atom is 0.162 e. The Bertz CT molecular complexity index is 1370. The predicted molar refractivity (Wildman–Crippen MR) is 163 cm³/mol. The Morgan fingerprint density at radius 2 is 1.39 bits per heavy atom. The minimum Gasteiger partial charge on any atom is -0.489 e. The first kappa shape index (κ1) is 29.9. The first-order chi connectivity index (χ1) is 19.4. The van der Waals surface area contributed by atoms with Crippen molar-refractivity contribution in [2.45, 2.75) is 72.3 Å². The molecule has 0 unspecified atom stereocenters. The van der Waals surface area contributed by atoms with Gasteiger partial charge in [-0.1, -0.05) is 63.0 Å². The van der Waals surface area contributed by atoms with Crippen molar-refractivity contribution in [2.75, 3.05) is 20.3 Å². The van der Waals surface area contributed by atoms with Gasteiger partial charge in [-0.05, 0) is 66.0 Å². The van der Waals surface area contributed by atoms with Crippen LogP contribution in [0.5, 0.6) is 5.75 Å². The quantitative estimate of drug-likeness (QED) is 0.287. The maximum absolute atomic E-state index is 14.1. The highest BCUT2D eigenvalue weighted by Gasteiger charge is 2.49. The van der Waals surface area contributed by atoms with Crippen LogP contribution in [-0.4, -0.2) is 36.7 Å². The minimum absolute atomic E-state index is 0.0887. The number of benzene rings is 2. The average Bonchev–Trinajstić information content (AvgIpc) is 2.88. The number of hydrogen-bond acceptors (Lipinski definition) is 5. The number of halogens is 2. The molecule has 2 aromatic rings. The Morgan fingerprint density at radius 1 is 0.829 bits per heavy atom. The van der Waals surface area contributed by atoms with Crippen molar-refractivity contribution < 1.29 is 19.1 Å². The Kier molecular flexibility index (Phi) is 8.44. The van der Waals surface area contributed by atoms with Crippen molar-refractivity contribution in [3.05, 3.63) is 86.2 Å². The molecule has 5 rings (SSSR count). The number of carbonyl (C=O) groups excluding carboxylic acids is 2. The van der Waals surface area contributed by atoms with E-state index >= 15 is 0 Å². The number of methoxy groups -OCH3 is 1. The van der Waals surface area contributed by atoms with E-state index in [9.17, 15) is 9.59 Å². The number of hydrogen-bond donors (Lipinski definition) is 0.